The van der Waals surface area contributed by atoms with Gasteiger partial charge in [0.1, 0.15) is 5.78 Å². The Morgan fingerprint density at radius 2 is 1.18 bits per heavy atom. The van der Waals surface area contributed by atoms with E-state index in [1.54, 1.807) is 6.92 Å². The Bertz CT molecular complexity index is 315. The number of hydrogen-bond acceptors (Lipinski definition) is 4. The van der Waals surface area contributed by atoms with Crippen molar-refractivity contribution in [1.29, 1.82) is 0 Å². The molecule has 0 rings (SSSR count). The molecular formula is C10H17N3O4. The molecule has 0 fully saturated rings. The molecule has 0 saturated heterocycles. The van der Waals surface area contributed by atoms with Gasteiger partial charge in [0.25, 0.3) is 0 Å². The maximum absolute atomic E-state index is 11.1. The van der Waals surface area contributed by atoms with Gasteiger partial charge in [-0.3, -0.25) is 19.2 Å². The van der Waals surface area contributed by atoms with Crippen LogP contribution in [0.2, 0.25) is 0 Å². The Morgan fingerprint density at radius 3 is 1.59 bits per heavy atom. The highest BCUT2D eigenvalue weighted by molar-refractivity contribution is 5.89. The molecule has 0 radical (unpaired) electrons. The first-order valence-corrected chi connectivity index (χ1v) is 5.25. The van der Waals surface area contributed by atoms with Crippen molar-refractivity contribution in [3.05, 3.63) is 0 Å². The maximum Gasteiger partial charge on any atom is 0.239 e. The zero-order chi connectivity index (χ0) is 13.3. The summed E-state index contributed by atoms with van der Waals surface area (Å²) >= 11 is 0. The van der Waals surface area contributed by atoms with Crippen LogP contribution in [0, 0.1) is 0 Å². The predicted octanol–water partition coefficient (Wildman–Crippen LogP) is -1.67. The molecule has 0 heterocycles. The maximum atomic E-state index is 11.1. The number of Topliss-reactive ketones (excluding diaryl/α,β-unsaturated/α-hetero) is 1. The minimum atomic E-state index is -0.454. The molecule has 0 aromatic rings. The average molecular weight is 243 g/mol. The Balaban J connectivity index is 3.66. The van der Waals surface area contributed by atoms with Gasteiger partial charge in [0.15, 0.2) is 0 Å². The summed E-state index contributed by atoms with van der Waals surface area (Å²) in [5.74, 6) is -1.30. The number of nitrogens with one attached hydrogen (secondary N) is 3. The minimum absolute atomic E-state index is 0.0543. The summed E-state index contributed by atoms with van der Waals surface area (Å²) in [7, 11) is 0. The quantitative estimate of drug-likeness (QED) is 0.497. The molecule has 3 amide bonds. The summed E-state index contributed by atoms with van der Waals surface area (Å²) in [6.45, 7) is 2.59. The molecule has 0 spiro atoms. The molecule has 0 aliphatic rings. The largest absolute Gasteiger partial charge is 0.348 e. The van der Waals surface area contributed by atoms with Crippen LogP contribution in [-0.2, 0) is 19.2 Å². The lowest BCUT2D eigenvalue weighted by Crippen LogP contribution is -2.42. The summed E-state index contributed by atoms with van der Waals surface area (Å²) in [5.41, 5.74) is 0. The van der Waals surface area contributed by atoms with Crippen molar-refractivity contribution in [3.63, 3.8) is 0 Å². The summed E-state index contributed by atoms with van der Waals surface area (Å²) in [6.07, 6.45) is 0.298. The summed E-state index contributed by atoms with van der Waals surface area (Å²) in [6, 6.07) is 0. The molecule has 0 bridgehead atoms. The highest BCUT2D eigenvalue weighted by Crippen LogP contribution is 1.74. The van der Waals surface area contributed by atoms with E-state index in [9.17, 15) is 19.2 Å². The van der Waals surface area contributed by atoms with E-state index >= 15 is 0 Å². The van der Waals surface area contributed by atoms with E-state index in [1.807, 2.05) is 0 Å². The second-order valence-corrected chi connectivity index (χ2v) is 3.39. The molecule has 0 aromatic heterocycles. The van der Waals surface area contributed by atoms with E-state index in [0.717, 1.165) is 0 Å². The van der Waals surface area contributed by atoms with Gasteiger partial charge in [0.05, 0.1) is 19.6 Å². The van der Waals surface area contributed by atoms with Gasteiger partial charge < -0.3 is 16.0 Å². The second-order valence-electron chi connectivity index (χ2n) is 3.39. The van der Waals surface area contributed by atoms with Crippen LogP contribution in [0.1, 0.15) is 20.3 Å². The van der Waals surface area contributed by atoms with Gasteiger partial charge in [-0.1, -0.05) is 6.92 Å². The van der Waals surface area contributed by atoms with Gasteiger partial charge in [-0.05, 0) is 6.92 Å². The van der Waals surface area contributed by atoms with Crippen LogP contribution in [0.4, 0.5) is 0 Å². The van der Waals surface area contributed by atoms with E-state index in [-0.39, 0.29) is 31.3 Å². The first-order chi connectivity index (χ1) is 7.95. The molecule has 0 aliphatic carbocycles. The van der Waals surface area contributed by atoms with Crippen molar-refractivity contribution in [2.45, 2.75) is 20.3 Å². The molecule has 7 nitrogen and oxygen atoms in total. The van der Waals surface area contributed by atoms with Crippen LogP contribution in [0.3, 0.4) is 0 Å². The first-order valence-electron chi connectivity index (χ1n) is 5.25. The van der Waals surface area contributed by atoms with Gasteiger partial charge >= 0.3 is 0 Å². The van der Waals surface area contributed by atoms with Crippen molar-refractivity contribution < 1.29 is 19.2 Å². The Kier molecular flexibility index (Phi) is 7.32. The SMILES string of the molecule is CCC(=O)NCC(=O)NCC(=O)NCC(C)=O. The van der Waals surface area contributed by atoms with Gasteiger partial charge in [-0.15, -0.1) is 0 Å². The summed E-state index contributed by atoms with van der Waals surface area (Å²) in [4.78, 5) is 43.6. The van der Waals surface area contributed by atoms with Crippen LogP contribution in [0.25, 0.3) is 0 Å². The third-order valence-corrected chi connectivity index (χ3v) is 1.75. The van der Waals surface area contributed by atoms with Crippen LogP contribution >= 0.6 is 0 Å². The predicted molar refractivity (Wildman–Crippen MR) is 60.0 cm³/mol. The molecule has 0 unspecified atom stereocenters. The Morgan fingerprint density at radius 1 is 0.765 bits per heavy atom. The van der Waals surface area contributed by atoms with Crippen LogP contribution in [-0.4, -0.2) is 43.1 Å². The monoisotopic (exact) mass is 243 g/mol. The standard InChI is InChI=1S/C10H17N3O4/c1-3-8(15)12-5-10(17)13-6-9(16)11-4-7(2)14/h3-6H2,1-2H3,(H,11,16)(H,12,15)(H,13,17). The molecule has 0 aliphatic heterocycles. The molecule has 3 N–H and O–H groups in total. The highest BCUT2D eigenvalue weighted by Gasteiger charge is 2.06. The van der Waals surface area contributed by atoms with Crippen molar-refractivity contribution in [2.24, 2.45) is 0 Å². The molecular weight excluding hydrogens is 226 g/mol. The van der Waals surface area contributed by atoms with Crippen LogP contribution in [0.5, 0.6) is 0 Å². The molecule has 0 aromatic carbocycles. The molecule has 96 valence electrons. The first kappa shape index (κ1) is 15.1. The Hall–Kier alpha value is -1.92. The lowest BCUT2D eigenvalue weighted by molar-refractivity contribution is -0.128. The van der Waals surface area contributed by atoms with E-state index in [0.29, 0.717) is 6.42 Å². The van der Waals surface area contributed by atoms with E-state index < -0.39 is 11.8 Å². The van der Waals surface area contributed by atoms with Gasteiger partial charge in [0.2, 0.25) is 17.7 Å². The van der Waals surface area contributed by atoms with Gasteiger partial charge in [-0.2, -0.15) is 0 Å². The van der Waals surface area contributed by atoms with Crippen LogP contribution < -0.4 is 16.0 Å². The third kappa shape index (κ3) is 9.04. The molecule has 17 heavy (non-hydrogen) atoms. The number of hydrogen-bond donors (Lipinski definition) is 3. The molecule has 0 atom stereocenters. The smallest absolute Gasteiger partial charge is 0.239 e. The fraction of sp³-hybridized carbons (Fsp3) is 0.600. The molecule has 0 saturated carbocycles. The van der Waals surface area contributed by atoms with Gasteiger partial charge in [0, 0.05) is 6.42 Å². The van der Waals surface area contributed by atoms with E-state index in [4.69, 9.17) is 0 Å². The summed E-state index contributed by atoms with van der Waals surface area (Å²) in [5, 5.41) is 7.00. The molecule has 7 heteroatoms. The average Bonchev–Trinajstić information content (AvgIpc) is 2.30. The number of rotatable bonds is 7. The normalized spacial score (nSPS) is 9.29. The number of ketones is 1. The van der Waals surface area contributed by atoms with Crippen molar-refractivity contribution in [1.82, 2.24) is 16.0 Å². The highest BCUT2D eigenvalue weighted by atomic mass is 16.2. The minimum Gasteiger partial charge on any atom is -0.348 e. The topological polar surface area (TPSA) is 104 Å². The van der Waals surface area contributed by atoms with Crippen LogP contribution in [0.15, 0.2) is 0 Å². The third-order valence-electron chi connectivity index (χ3n) is 1.75. The number of carbonyl (C=O) groups is 4. The number of amides is 3. The second kappa shape index (κ2) is 8.26. The fourth-order valence-corrected chi connectivity index (χ4v) is 0.831. The Labute approximate surface area is 99.3 Å². The van der Waals surface area contributed by atoms with Crippen molar-refractivity contribution >= 4 is 23.5 Å². The fourth-order valence-electron chi connectivity index (χ4n) is 0.831. The van der Waals surface area contributed by atoms with Gasteiger partial charge in [-0.25, -0.2) is 0 Å². The lowest BCUT2D eigenvalue weighted by atomic mass is 10.4. The van der Waals surface area contributed by atoms with E-state index in [2.05, 4.69) is 16.0 Å². The van der Waals surface area contributed by atoms with Crippen molar-refractivity contribution in [3.8, 4) is 0 Å². The van der Waals surface area contributed by atoms with E-state index in [1.165, 1.54) is 6.92 Å². The van der Waals surface area contributed by atoms with Crippen molar-refractivity contribution in [2.75, 3.05) is 19.6 Å². The zero-order valence-electron chi connectivity index (χ0n) is 9.96. The zero-order valence-corrected chi connectivity index (χ0v) is 9.96. The number of carbonyl (C=O) groups excluding carboxylic acids is 4. The lowest BCUT2D eigenvalue weighted by Gasteiger charge is -2.06. The summed E-state index contributed by atoms with van der Waals surface area (Å²) < 4.78 is 0.